The van der Waals surface area contributed by atoms with Crippen LogP contribution in [0.25, 0.3) is 0 Å². The minimum Gasteiger partial charge on any atom is -0.418 e. The quantitative estimate of drug-likeness (QED) is 0.545. The molecule has 0 unspecified atom stereocenters. The van der Waals surface area contributed by atoms with Crippen molar-refractivity contribution in [1.82, 2.24) is 9.96 Å². The molecule has 0 atom stereocenters. The minimum atomic E-state index is -6.00. The summed E-state index contributed by atoms with van der Waals surface area (Å²) in [4.78, 5) is 7.42. The van der Waals surface area contributed by atoms with Crippen LogP contribution in [0.3, 0.4) is 0 Å². The van der Waals surface area contributed by atoms with Crippen molar-refractivity contribution >= 4 is 7.25 Å². The summed E-state index contributed by atoms with van der Waals surface area (Å²) < 4.78 is 39.0. The lowest BCUT2D eigenvalue weighted by atomic mass is 10.3. The maximum Gasteiger partial charge on any atom is 0.673 e. The van der Waals surface area contributed by atoms with Crippen molar-refractivity contribution < 1.29 is 22.1 Å². The zero-order chi connectivity index (χ0) is 11.9. The molecular weight excluding hydrogens is 215 g/mol. The second kappa shape index (κ2) is 6.55. The molecule has 1 heterocycles. The molecule has 0 N–H and O–H groups in total. The molecular formula is C7H14BF4N2O-. The standard InChI is InChI=1S/C7H14N2O.BF4/c1-3-8-5-6-9(7-8)10-4-2;2-1(3,4)5/h5-6H,3-4,7H2,1-2H3;/q;-1. The number of hydroxylamine groups is 2. The summed E-state index contributed by atoms with van der Waals surface area (Å²) in [6, 6.07) is 0. The maximum absolute atomic E-state index is 9.75. The Morgan fingerprint density at radius 2 is 1.73 bits per heavy atom. The van der Waals surface area contributed by atoms with E-state index in [2.05, 4.69) is 11.8 Å². The predicted octanol–water partition coefficient (Wildman–Crippen LogP) is 2.30. The zero-order valence-electron chi connectivity index (χ0n) is 8.67. The molecule has 90 valence electrons. The van der Waals surface area contributed by atoms with Crippen LogP contribution in [0.5, 0.6) is 0 Å². The van der Waals surface area contributed by atoms with Gasteiger partial charge in [-0.2, -0.15) is 0 Å². The Hall–Kier alpha value is -0.915. The lowest BCUT2D eigenvalue weighted by molar-refractivity contribution is -0.123. The Bertz CT molecular complexity index is 194. The molecule has 1 aliphatic rings. The highest BCUT2D eigenvalue weighted by atomic mass is 19.5. The van der Waals surface area contributed by atoms with Gasteiger partial charge in [-0.15, -0.1) is 0 Å². The Balaban J connectivity index is 0.000000336. The molecule has 8 heteroatoms. The van der Waals surface area contributed by atoms with Gasteiger partial charge in [-0.3, -0.25) is 4.84 Å². The van der Waals surface area contributed by atoms with E-state index in [0.717, 1.165) is 19.8 Å². The van der Waals surface area contributed by atoms with Crippen molar-refractivity contribution in [3.63, 3.8) is 0 Å². The van der Waals surface area contributed by atoms with Crippen molar-refractivity contribution in [3.05, 3.63) is 12.4 Å². The van der Waals surface area contributed by atoms with Crippen LogP contribution in [0.2, 0.25) is 0 Å². The topological polar surface area (TPSA) is 15.7 Å². The van der Waals surface area contributed by atoms with Gasteiger partial charge in [0.05, 0.1) is 6.61 Å². The molecule has 0 bridgehead atoms. The van der Waals surface area contributed by atoms with E-state index < -0.39 is 7.25 Å². The normalized spacial score (nSPS) is 15.3. The van der Waals surface area contributed by atoms with Crippen LogP contribution in [-0.2, 0) is 4.84 Å². The van der Waals surface area contributed by atoms with Crippen molar-refractivity contribution in [1.29, 1.82) is 0 Å². The largest absolute Gasteiger partial charge is 0.673 e. The van der Waals surface area contributed by atoms with Gasteiger partial charge in [0.2, 0.25) is 0 Å². The molecule has 0 radical (unpaired) electrons. The summed E-state index contributed by atoms with van der Waals surface area (Å²) in [6.45, 7) is 6.76. The van der Waals surface area contributed by atoms with E-state index in [1.807, 2.05) is 24.4 Å². The van der Waals surface area contributed by atoms with E-state index in [1.165, 1.54) is 0 Å². The summed E-state index contributed by atoms with van der Waals surface area (Å²) in [6.07, 6.45) is 3.99. The monoisotopic (exact) mass is 229 g/mol. The molecule has 0 aromatic heterocycles. The molecule has 0 aromatic carbocycles. The van der Waals surface area contributed by atoms with Gasteiger partial charge in [-0.1, -0.05) is 0 Å². The fourth-order valence-corrected chi connectivity index (χ4v) is 0.897. The second-order valence-corrected chi connectivity index (χ2v) is 2.67. The molecule has 0 amide bonds. The smallest absolute Gasteiger partial charge is 0.418 e. The van der Waals surface area contributed by atoms with Gasteiger partial charge in [0.1, 0.15) is 6.67 Å². The van der Waals surface area contributed by atoms with E-state index in [9.17, 15) is 17.3 Å². The highest BCUT2D eigenvalue weighted by Gasteiger charge is 2.20. The van der Waals surface area contributed by atoms with Crippen molar-refractivity contribution in [2.24, 2.45) is 0 Å². The number of nitrogens with zero attached hydrogens (tertiary/aromatic N) is 2. The summed E-state index contributed by atoms with van der Waals surface area (Å²) >= 11 is 0. The van der Waals surface area contributed by atoms with E-state index in [0.29, 0.717) is 0 Å². The highest BCUT2D eigenvalue weighted by Crippen LogP contribution is 2.06. The van der Waals surface area contributed by atoms with Gasteiger partial charge >= 0.3 is 7.25 Å². The molecule has 1 rings (SSSR count). The SMILES string of the molecule is CCON1C=CN(CC)C1.F[B-](F)(F)F. The lowest BCUT2D eigenvalue weighted by Gasteiger charge is -2.18. The highest BCUT2D eigenvalue weighted by molar-refractivity contribution is 6.50. The van der Waals surface area contributed by atoms with Gasteiger partial charge in [0.15, 0.2) is 0 Å². The van der Waals surface area contributed by atoms with Crippen molar-refractivity contribution in [3.8, 4) is 0 Å². The molecule has 0 spiro atoms. The first kappa shape index (κ1) is 14.1. The van der Waals surface area contributed by atoms with Crippen LogP contribution >= 0.6 is 0 Å². The fraction of sp³-hybridized carbons (Fsp3) is 0.714. The molecule has 0 aliphatic carbocycles. The number of hydrogen-bond donors (Lipinski definition) is 0. The van der Waals surface area contributed by atoms with Gasteiger partial charge in [-0.05, 0) is 13.8 Å². The number of rotatable bonds is 3. The summed E-state index contributed by atoms with van der Waals surface area (Å²) in [5.41, 5.74) is 0. The third kappa shape index (κ3) is 9.39. The van der Waals surface area contributed by atoms with Crippen LogP contribution in [0, 0.1) is 0 Å². The fourth-order valence-electron chi connectivity index (χ4n) is 0.897. The first-order valence-corrected chi connectivity index (χ1v) is 4.56. The van der Waals surface area contributed by atoms with Crippen LogP contribution in [0.1, 0.15) is 13.8 Å². The Labute approximate surface area is 86.3 Å². The van der Waals surface area contributed by atoms with Crippen LogP contribution < -0.4 is 0 Å². The number of hydrogen-bond acceptors (Lipinski definition) is 3. The molecule has 0 fully saturated rings. The number of halogens is 4. The Morgan fingerprint density at radius 1 is 1.20 bits per heavy atom. The summed E-state index contributed by atoms with van der Waals surface area (Å²) in [7, 11) is -6.00. The maximum atomic E-state index is 9.75. The second-order valence-electron chi connectivity index (χ2n) is 2.67. The minimum absolute atomic E-state index is 0.738. The van der Waals surface area contributed by atoms with Gasteiger partial charge in [0.25, 0.3) is 0 Å². The lowest BCUT2D eigenvalue weighted by Crippen LogP contribution is -2.25. The summed E-state index contributed by atoms with van der Waals surface area (Å²) in [5, 5.41) is 1.84. The van der Waals surface area contributed by atoms with Crippen molar-refractivity contribution in [2.75, 3.05) is 19.8 Å². The predicted molar refractivity (Wildman–Crippen MR) is 50.0 cm³/mol. The molecule has 1 aliphatic heterocycles. The average Bonchev–Trinajstić information content (AvgIpc) is 2.50. The van der Waals surface area contributed by atoms with E-state index in [-0.39, 0.29) is 0 Å². The first-order chi connectivity index (χ1) is 6.86. The Morgan fingerprint density at radius 3 is 2.07 bits per heavy atom. The van der Waals surface area contributed by atoms with Crippen LogP contribution in [0.15, 0.2) is 12.4 Å². The first-order valence-electron chi connectivity index (χ1n) is 4.56. The van der Waals surface area contributed by atoms with Gasteiger partial charge in [-0.25, -0.2) is 5.06 Å². The van der Waals surface area contributed by atoms with E-state index >= 15 is 0 Å². The molecule has 0 saturated heterocycles. The third-order valence-corrected chi connectivity index (χ3v) is 1.47. The molecule has 0 aromatic rings. The zero-order valence-corrected chi connectivity index (χ0v) is 8.67. The molecule has 0 saturated carbocycles. The van der Waals surface area contributed by atoms with E-state index in [4.69, 9.17) is 4.84 Å². The Kier molecular flexibility index (Phi) is 6.15. The van der Waals surface area contributed by atoms with Gasteiger partial charge in [0, 0.05) is 18.9 Å². The average molecular weight is 229 g/mol. The van der Waals surface area contributed by atoms with Crippen molar-refractivity contribution in [2.45, 2.75) is 13.8 Å². The van der Waals surface area contributed by atoms with Crippen LogP contribution in [-0.4, -0.2) is 37.0 Å². The van der Waals surface area contributed by atoms with Crippen LogP contribution in [0.4, 0.5) is 17.3 Å². The van der Waals surface area contributed by atoms with Gasteiger partial charge < -0.3 is 22.2 Å². The van der Waals surface area contributed by atoms with E-state index in [1.54, 1.807) is 0 Å². The molecule has 15 heavy (non-hydrogen) atoms. The third-order valence-electron chi connectivity index (χ3n) is 1.47. The summed E-state index contributed by atoms with van der Waals surface area (Å²) in [5.74, 6) is 0. The molecule has 3 nitrogen and oxygen atoms in total.